The lowest BCUT2D eigenvalue weighted by molar-refractivity contribution is 0.300. The third kappa shape index (κ3) is 2.72. The van der Waals surface area contributed by atoms with Crippen LogP contribution in [0.2, 0.25) is 0 Å². The van der Waals surface area contributed by atoms with Crippen LogP contribution in [0.5, 0.6) is 0 Å². The Bertz CT molecular complexity index is 475. The first kappa shape index (κ1) is 13.1. The summed E-state index contributed by atoms with van der Waals surface area (Å²) >= 11 is 3.55. The monoisotopic (exact) mass is 317 g/mol. The van der Waals surface area contributed by atoms with Crippen molar-refractivity contribution in [1.82, 2.24) is 4.31 Å². The van der Waals surface area contributed by atoms with E-state index < -0.39 is 10.0 Å². The summed E-state index contributed by atoms with van der Waals surface area (Å²) in [6.07, 6.45) is 0.905. The van der Waals surface area contributed by atoms with Crippen molar-refractivity contribution < 1.29 is 8.42 Å². The van der Waals surface area contributed by atoms with E-state index in [0.717, 1.165) is 6.42 Å². The van der Waals surface area contributed by atoms with Crippen molar-refractivity contribution in [2.45, 2.75) is 23.1 Å². The molecule has 0 aromatic heterocycles. The number of sulfonamides is 1. The van der Waals surface area contributed by atoms with Gasteiger partial charge in [0.15, 0.2) is 0 Å². The Morgan fingerprint density at radius 3 is 2.53 bits per heavy atom. The minimum absolute atomic E-state index is 0.245. The molecule has 1 aromatic carbocycles. The highest BCUT2D eigenvalue weighted by Gasteiger charge is 2.32. The summed E-state index contributed by atoms with van der Waals surface area (Å²) in [5.41, 5.74) is 0. The Morgan fingerprint density at radius 2 is 1.94 bits per heavy atom. The van der Waals surface area contributed by atoms with Crippen molar-refractivity contribution in [2.24, 2.45) is 5.92 Å². The minimum atomic E-state index is -3.32. The molecule has 3 nitrogen and oxygen atoms in total. The van der Waals surface area contributed by atoms with Crippen LogP contribution in [0, 0.1) is 5.92 Å². The highest BCUT2D eigenvalue weighted by Crippen LogP contribution is 2.27. The SMILES string of the molecule is CC1CCN(S(=O)(=O)c2ccccc2)CC1Br. The Balaban J connectivity index is 2.23. The van der Waals surface area contributed by atoms with Crippen molar-refractivity contribution in [1.29, 1.82) is 0 Å². The van der Waals surface area contributed by atoms with E-state index >= 15 is 0 Å². The van der Waals surface area contributed by atoms with Crippen molar-refractivity contribution in [3.8, 4) is 0 Å². The maximum absolute atomic E-state index is 12.3. The normalized spacial score (nSPS) is 26.9. The average molecular weight is 318 g/mol. The highest BCUT2D eigenvalue weighted by molar-refractivity contribution is 9.09. The number of alkyl halides is 1. The van der Waals surface area contributed by atoms with Crippen LogP contribution < -0.4 is 0 Å². The lowest BCUT2D eigenvalue weighted by Gasteiger charge is -2.33. The van der Waals surface area contributed by atoms with Crippen LogP contribution in [0.15, 0.2) is 35.2 Å². The third-order valence-corrected chi connectivity index (χ3v) is 6.28. The number of piperidine rings is 1. The van der Waals surface area contributed by atoms with Gasteiger partial charge in [0.1, 0.15) is 0 Å². The van der Waals surface area contributed by atoms with Crippen LogP contribution in [0.4, 0.5) is 0 Å². The molecule has 0 spiro atoms. The van der Waals surface area contributed by atoms with Crippen molar-refractivity contribution >= 4 is 26.0 Å². The number of halogens is 1. The fourth-order valence-electron chi connectivity index (χ4n) is 1.95. The van der Waals surface area contributed by atoms with Gasteiger partial charge in [0.2, 0.25) is 10.0 Å². The van der Waals surface area contributed by atoms with E-state index in [4.69, 9.17) is 0 Å². The van der Waals surface area contributed by atoms with Gasteiger partial charge in [-0.25, -0.2) is 8.42 Å². The lowest BCUT2D eigenvalue weighted by Crippen LogP contribution is -2.43. The largest absolute Gasteiger partial charge is 0.243 e. The lowest BCUT2D eigenvalue weighted by atomic mass is 10.0. The number of benzene rings is 1. The van der Waals surface area contributed by atoms with Gasteiger partial charge in [-0.2, -0.15) is 4.31 Å². The molecule has 0 saturated carbocycles. The molecule has 0 aliphatic carbocycles. The van der Waals surface area contributed by atoms with Gasteiger partial charge >= 0.3 is 0 Å². The fourth-order valence-corrected chi connectivity index (χ4v) is 4.26. The summed E-state index contributed by atoms with van der Waals surface area (Å²) in [6, 6.07) is 8.63. The number of hydrogen-bond donors (Lipinski definition) is 0. The topological polar surface area (TPSA) is 37.4 Å². The van der Waals surface area contributed by atoms with Gasteiger partial charge in [-0.05, 0) is 24.5 Å². The van der Waals surface area contributed by atoms with Crippen LogP contribution in [-0.2, 0) is 10.0 Å². The number of nitrogens with zero attached hydrogens (tertiary/aromatic N) is 1. The molecule has 0 radical (unpaired) electrons. The molecule has 1 aliphatic rings. The Hall–Kier alpha value is -0.390. The van der Waals surface area contributed by atoms with Gasteiger partial charge < -0.3 is 0 Å². The second-order valence-corrected chi connectivity index (χ2v) is 7.57. The Labute approximate surface area is 111 Å². The molecule has 94 valence electrons. The first-order chi connectivity index (χ1) is 8.01. The first-order valence-electron chi connectivity index (χ1n) is 5.71. The summed E-state index contributed by atoms with van der Waals surface area (Å²) in [4.78, 5) is 0.629. The van der Waals surface area contributed by atoms with Crippen molar-refractivity contribution in [2.75, 3.05) is 13.1 Å². The van der Waals surface area contributed by atoms with Crippen molar-refractivity contribution in [3.05, 3.63) is 30.3 Å². The zero-order valence-electron chi connectivity index (χ0n) is 9.71. The molecule has 2 unspecified atom stereocenters. The van der Waals surface area contributed by atoms with Crippen LogP contribution in [-0.4, -0.2) is 30.6 Å². The van der Waals surface area contributed by atoms with E-state index in [1.165, 1.54) is 0 Å². The van der Waals surface area contributed by atoms with E-state index in [2.05, 4.69) is 22.9 Å². The second-order valence-electron chi connectivity index (χ2n) is 4.46. The number of hydrogen-bond acceptors (Lipinski definition) is 2. The van der Waals surface area contributed by atoms with Gasteiger partial charge in [0, 0.05) is 17.9 Å². The molecule has 1 aromatic rings. The third-order valence-electron chi connectivity index (χ3n) is 3.21. The second kappa shape index (κ2) is 5.08. The summed E-state index contributed by atoms with van der Waals surface area (Å²) in [5.74, 6) is 0.525. The molecule has 5 heteroatoms. The predicted octanol–water partition coefficient (Wildman–Crippen LogP) is 2.48. The molecule has 1 fully saturated rings. The molecule has 2 rings (SSSR count). The maximum atomic E-state index is 12.3. The van der Waals surface area contributed by atoms with E-state index in [9.17, 15) is 8.42 Å². The van der Waals surface area contributed by atoms with Crippen LogP contribution in [0.3, 0.4) is 0 Å². The van der Waals surface area contributed by atoms with E-state index in [1.807, 2.05) is 6.07 Å². The quantitative estimate of drug-likeness (QED) is 0.786. The number of rotatable bonds is 2. The van der Waals surface area contributed by atoms with Crippen LogP contribution in [0.1, 0.15) is 13.3 Å². The molecule has 0 bridgehead atoms. The van der Waals surface area contributed by atoms with E-state index in [1.54, 1.807) is 28.6 Å². The van der Waals surface area contributed by atoms with Crippen LogP contribution >= 0.6 is 15.9 Å². The zero-order valence-corrected chi connectivity index (χ0v) is 12.1. The predicted molar refractivity (Wildman–Crippen MR) is 71.7 cm³/mol. The molecule has 0 N–H and O–H groups in total. The Kier molecular flexibility index (Phi) is 3.90. The zero-order chi connectivity index (χ0) is 12.5. The van der Waals surface area contributed by atoms with E-state index in [0.29, 0.717) is 23.9 Å². The Morgan fingerprint density at radius 1 is 1.29 bits per heavy atom. The first-order valence-corrected chi connectivity index (χ1v) is 8.06. The summed E-state index contributed by atoms with van der Waals surface area (Å²) in [7, 11) is -3.32. The smallest absolute Gasteiger partial charge is 0.207 e. The minimum Gasteiger partial charge on any atom is -0.207 e. The highest BCUT2D eigenvalue weighted by atomic mass is 79.9. The molecule has 1 aliphatic heterocycles. The standard InChI is InChI=1S/C12H16BrNO2S/c1-10-7-8-14(9-12(10)13)17(15,16)11-5-3-2-4-6-11/h2-6,10,12H,7-9H2,1H3. The maximum Gasteiger partial charge on any atom is 0.243 e. The van der Waals surface area contributed by atoms with Gasteiger partial charge in [0.25, 0.3) is 0 Å². The summed E-state index contributed by atoms with van der Waals surface area (Å²) < 4.78 is 26.3. The van der Waals surface area contributed by atoms with Gasteiger partial charge in [0.05, 0.1) is 4.90 Å². The van der Waals surface area contributed by atoms with Gasteiger partial charge in [-0.3, -0.25) is 0 Å². The molecule has 17 heavy (non-hydrogen) atoms. The summed E-state index contributed by atoms with van der Waals surface area (Å²) in [6.45, 7) is 3.31. The van der Waals surface area contributed by atoms with Gasteiger partial charge in [-0.15, -0.1) is 0 Å². The van der Waals surface area contributed by atoms with Crippen LogP contribution in [0.25, 0.3) is 0 Å². The van der Waals surface area contributed by atoms with Crippen molar-refractivity contribution in [3.63, 3.8) is 0 Å². The van der Waals surface area contributed by atoms with E-state index in [-0.39, 0.29) is 4.83 Å². The molecule has 0 amide bonds. The molecular formula is C12H16BrNO2S. The van der Waals surface area contributed by atoms with Gasteiger partial charge in [-0.1, -0.05) is 41.1 Å². The molecule has 1 saturated heterocycles. The average Bonchev–Trinajstić information content (AvgIpc) is 2.33. The molecule has 2 atom stereocenters. The molecular weight excluding hydrogens is 302 g/mol. The summed E-state index contributed by atoms with van der Waals surface area (Å²) in [5, 5.41) is 0. The fraction of sp³-hybridized carbons (Fsp3) is 0.500. The molecule has 1 heterocycles.